The topological polar surface area (TPSA) is 65.9 Å². The molecule has 1 aromatic heterocycles. The molecule has 0 aromatic carbocycles. The lowest BCUT2D eigenvalue weighted by atomic mass is 10.0. The first-order chi connectivity index (χ1) is 9.37. The molecule has 2 atom stereocenters. The fourth-order valence-electron chi connectivity index (χ4n) is 2.98. The van der Waals surface area contributed by atoms with Crippen molar-refractivity contribution in [3.8, 4) is 0 Å². The van der Waals surface area contributed by atoms with Crippen molar-refractivity contribution in [3.05, 3.63) is 24.2 Å². The van der Waals surface area contributed by atoms with Crippen molar-refractivity contribution in [1.29, 1.82) is 0 Å². The number of nitrogens with two attached hydrogens (primary N) is 1. The molecule has 1 aliphatic heterocycles. The SMILES string of the molecule is CC(N)C(c1ccco1)N1CCN(CC(C)(C)O)CC1. The van der Waals surface area contributed by atoms with Crippen molar-refractivity contribution in [2.24, 2.45) is 5.73 Å². The van der Waals surface area contributed by atoms with E-state index in [1.807, 2.05) is 32.9 Å². The Balaban J connectivity index is 1.95. The summed E-state index contributed by atoms with van der Waals surface area (Å²) in [6.07, 6.45) is 1.70. The van der Waals surface area contributed by atoms with Gasteiger partial charge >= 0.3 is 0 Å². The Morgan fingerprint density at radius 3 is 2.45 bits per heavy atom. The Labute approximate surface area is 121 Å². The summed E-state index contributed by atoms with van der Waals surface area (Å²) < 4.78 is 5.54. The number of hydrogen-bond donors (Lipinski definition) is 2. The Morgan fingerprint density at radius 2 is 2.00 bits per heavy atom. The van der Waals surface area contributed by atoms with E-state index in [-0.39, 0.29) is 12.1 Å². The maximum atomic E-state index is 9.89. The van der Waals surface area contributed by atoms with E-state index in [1.54, 1.807) is 6.26 Å². The fraction of sp³-hybridized carbons (Fsp3) is 0.733. The first-order valence-electron chi connectivity index (χ1n) is 7.34. The normalized spacial score (nSPS) is 21.9. The van der Waals surface area contributed by atoms with Crippen LogP contribution in [0.3, 0.4) is 0 Å². The van der Waals surface area contributed by atoms with Crippen molar-refractivity contribution in [2.45, 2.75) is 38.5 Å². The van der Waals surface area contributed by atoms with Crippen LogP contribution < -0.4 is 5.73 Å². The number of piperazine rings is 1. The molecule has 2 unspecified atom stereocenters. The second-order valence-electron chi connectivity index (χ2n) is 6.44. The number of rotatable bonds is 5. The molecule has 1 aliphatic rings. The summed E-state index contributed by atoms with van der Waals surface area (Å²) >= 11 is 0. The standard InChI is InChI=1S/C15H27N3O2/c1-12(16)14(13-5-4-10-20-13)18-8-6-17(7-9-18)11-15(2,3)19/h4-5,10,12,14,19H,6-9,11,16H2,1-3H3. The van der Waals surface area contributed by atoms with Gasteiger partial charge in [0.1, 0.15) is 5.76 Å². The maximum absolute atomic E-state index is 9.89. The monoisotopic (exact) mass is 281 g/mol. The van der Waals surface area contributed by atoms with Crippen LogP contribution >= 0.6 is 0 Å². The molecule has 114 valence electrons. The molecule has 5 nitrogen and oxygen atoms in total. The van der Waals surface area contributed by atoms with Gasteiger partial charge < -0.3 is 15.3 Å². The summed E-state index contributed by atoms with van der Waals surface area (Å²) in [6, 6.07) is 4.07. The van der Waals surface area contributed by atoms with Gasteiger partial charge in [-0.1, -0.05) is 0 Å². The van der Waals surface area contributed by atoms with Crippen molar-refractivity contribution in [2.75, 3.05) is 32.7 Å². The lowest BCUT2D eigenvalue weighted by Crippen LogP contribution is -2.53. The molecule has 0 saturated carbocycles. The van der Waals surface area contributed by atoms with E-state index in [0.717, 1.165) is 31.9 Å². The summed E-state index contributed by atoms with van der Waals surface area (Å²) in [4.78, 5) is 4.68. The lowest BCUT2D eigenvalue weighted by Gasteiger charge is -2.41. The lowest BCUT2D eigenvalue weighted by molar-refractivity contribution is 0.00671. The second kappa shape index (κ2) is 6.26. The molecular weight excluding hydrogens is 254 g/mol. The van der Waals surface area contributed by atoms with Gasteiger partial charge in [-0.25, -0.2) is 0 Å². The van der Waals surface area contributed by atoms with E-state index in [0.29, 0.717) is 6.54 Å². The Morgan fingerprint density at radius 1 is 1.35 bits per heavy atom. The van der Waals surface area contributed by atoms with Crippen molar-refractivity contribution in [1.82, 2.24) is 9.80 Å². The number of hydrogen-bond acceptors (Lipinski definition) is 5. The molecule has 1 saturated heterocycles. The smallest absolute Gasteiger partial charge is 0.122 e. The van der Waals surface area contributed by atoms with Gasteiger partial charge in [0.25, 0.3) is 0 Å². The van der Waals surface area contributed by atoms with Crippen LogP contribution in [0.1, 0.15) is 32.6 Å². The van der Waals surface area contributed by atoms with Crippen LogP contribution in [-0.2, 0) is 0 Å². The molecule has 0 bridgehead atoms. The molecule has 0 aliphatic carbocycles. The van der Waals surface area contributed by atoms with Gasteiger partial charge in [-0.2, -0.15) is 0 Å². The van der Waals surface area contributed by atoms with E-state index < -0.39 is 5.60 Å². The summed E-state index contributed by atoms with van der Waals surface area (Å²) in [7, 11) is 0. The molecule has 0 spiro atoms. The average Bonchev–Trinajstić information content (AvgIpc) is 2.83. The Kier molecular flexibility index (Phi) is 4.86. The first kappa shape index (κ1) is 15.5. The van der Waals surface area contributed by atoms with Crippen LogP contribution in [0, 0.1) is 0 Å². The molecule has 1 aromatic rings. The van der Waals surface area contributed by atoms with E-state index in [2.05, 4.69) is 9.80 Å². The highest BCUT2D eigenvalue weighted by atomic mass is 16.3. The van der Waals surface area contributed by atoms with Gasteiger partial charge in [0, 0.05) is 38.8 Å². The molecule has 20 heavy (non-hydrogen) atoms. The molecule has 0 radical (unpaired) electrons. The number of aliphatic hydroxyl groups is 1. The Bertz CT molecular complexity index is 390. The zero-order valence-electron chi connectivity index (χ0n) is 12.7. The van der Waals surface area contributed by atoms with Crippen LogP contribution in [-0.4, -0.2) is 59.3 Å². The Hall–Kier alpha value is -0.880. The first-order valence-corrected chi connectivity index (χ1v) is 7.34. The van der Waals surface area contributed by atoms with Crippen molar-refractivity contribution in [3.63, 3.8) is 0 Å². The highest BCUT2D eigenvalue weighted by Gasteiger charge is 2.30. The minimum absolute atomic E-state index is 0.0296. The van der Waals surface area contributed by atoms with Crippen LogP contribution in [0.4, 0.5) is 0 Å². The second-order valence-corrected chi connectivity index (χ2v) is 6.44. The summed E-state index contributed by atoms with van der Waals surface area (Å²) in [5, 5.41) is 9.89. The van der Waals surface area contributed by atoms with Crippen molar-refractivity contribution < 1.29 is 9.52 Å². The summed E-state index contributed by atoms with van der Waals surface area (Å²) in [5.74, 6) is 0.941. The van der Waals surface area contributed by atoms with Gasteiger partial charge in [-0.3, -0.25) is 9.80 Å². The number of β-amino-alcohol motifs (C(OH)–C–C–N with tert-alkyl or cyclic N) is 1. The zero-order valence-corrected chi connectivity index (χ0v) is 12.7. The average molecular weight is 281 g/mol. The van der Waals surface area contributed by atoms with E-state index in [1.165, 1.54) is 0 Å². The number of furan rings is 1. The van der Waals surface area contributed by atoms with Crippen molar-refractivity contribution >= 4 is 0 Å². The molecule has 1 fully saturated rings. The minimum atomic E-state index is -0.635. The predicted octanol–water partition coefficient (Wildman–Crippen LogP) is 1.06. The molecule has 0 amide bonds. The maximum Gasteiger partial charge on any atom is 0.122 e. The molecule has 2 heterocycles. The van der Waals surface area contributed by atoms with E-state index in [9.17, 15) is 5.11 Å². The molecular formula is C15H27N3O2. The highest BCUT2D eigenvalue weighted by Crippen LogP contribution is 2.25. The van der Waals surface area contributed by atoms with E-state index >= 15 is 0 Å². The molecule has 2 rings (SSSR count). The van der Waals surface area contributed by atoms with Crippen LogP contribution in [0.15, 0.2) is 22.8 Å². The van der Waals surface area contributed by atoms with Crippen LogP contribution in [0.5, 0.6) is 0 Å². The zero-order chi connectivity index (χ0) is 14.8. The largest absolute Gasteiger partial charge is 0.468 e. The molecule has 5 heteroatoms. The van der Waals surface area contributed by atoms with Gasteiger partial charge in [0.2, 0.25) is 0 Å². The van der Waals surface area contributed by atoms with Crippen LogP contribution in [0.25, 0.3) is 0 Å². The summed E-state index contributed by atoms with van der Waals surface area (Å²) in [5.41, 5.74) is 5.50. The third-order valence-corrected chi connectivity index (χ3v) is 3.74. The van der Waals surface area contributed by atoms with Crippen LogP contribution in [0.2, 0.25) is 0 Å². The third kappa shape index (κ3) is 4.06. The number of nitrogens with zero attached hydrogens (tertiary/aromatic N) is 2. The van der Waals surface area contributed by atoms with Gasteiger partial charge in [0.05, 0.1) is 17.9 Å². The molecule has 3 N–H and O–H groups in total. The highest BCUT2D eigenvalue weighted by molar-refractivity contribution is 5.08. The predicted molar refractivity (Wildman–Crippen MR) is 79.4 cm³/mol. The summed E-state index contributed by atoms with van der Waals surface area (Å²) in [6.45, 7) is 10.2. The third-order valence-electron chi connectivity index (χ3n) is 3.74. The van der Waals surface area contributed by atoms with E-state index in [4.69, 9.17) is 10.2 Å². The van der Waals surface area contributed by atoms with Gasteiger partial charge in [-0.05, 0) is 32.9 Å². The van der Waals surface area contributed by atoms with Gasteiger partial charge in [0.15, 0.2) is 0 Å². The fourth-order valence-corrected chi connectivity index (χ4v) is 2.98. The van der Waals surface area contributed by atoms with Gasteiger partial charge in [-0.15, -0.1) is 0 Å². The quantitative estimate of drug-likeness (QED) is 0.845. The minimum Gasteiger partial charge on any atom is -0.468 e.